The van der Waals surface area contributed by atoms with Crippen molar-refractivity contribution in [3.63, 3.8) is 0 Å². The molecule has 6 rings (SSSR count). The molecule has 4 saturated carbocycles. The Kier molecular flexibility index (Phi) is 12.4. The highest BCUT2D eigenvalue weighted by Crippen LogP contribution is 2.70. The van der Waals surface area contributed by atoms with Crippen LogP contribution in [0.15, 0.2) is 0 Å². The van der Waals surface area contributed by atoms with Gasteiger partial charge in [-0.15, -0.1) is 0 Å². The van der Waals surface area contributed by atoms with Crippen molar-refractivity contribution in [3.8, 4) is 0 Å². The quantitative estimate of drug-likeness (QED) is 0.119. The van der Waals surface area contributed by atoms with Crippen molar-refractivity contribution < 1.29 is 74.8 Å². The summed E-state index contributed by atoms with van der Waals surface area (Å²) in [7, 11) is 0. The minimum atomic E-state index is -1.78. The number of fused-ring (bicyclic) bond motifs is 5. The molecular weight excluding hydrogens is 708 g/mol. The molecule has 6 fully saturated rings. The maximum absolute atomic E-state index is 14.2. The van der Waals surface area contributed by atoms with Gasteiger partial charge in [-0.2, -0.15) is 0 Å². The average molecular weight is 775 g/mol. The second-order valence-corrected chi connectivity index (χ2v) is 18.7. The van der Waals surface area contributed by atoms with Crippen molar-refractivity contribution in [2.24, 2.45) is 40.4 Å². The first-order valence-corrected chi connectivity index (χ1v) is 20.1. The molecule has 0 amide bonds. The Labute approximate surface area is 317 Å². The molecule has 0 aromatic heterocycles. The maximum Gasteiger partial charge on any atom is 0.187 e. The summed E-state index contributed by atoms with van der Waals surface area (Å²) in [6.45, 7) is 8.66. The molecule has 54 heavy (non-hydrogen) atoms. The van der Waals surface area contributed by atoms with Crippen molar-refractivity contribution >= 4 is 5.78 Å². The molecule has 0 bridgehead atoms. The van der Waals surface area contributed by atoms with Crippen LogP contribution in [0.2, 0.25) is 0 Å². The molecule has 15 heteroatoms. The van der Waals surface area contributed by atoms with Gasteiger partial charge in [-0.25, -0.2) is 0 Å². The number of hydrogen-bond donors (Lipinski definition) is 10. The predicted octanol–water partition coefficient (Wildman–Crippen LogP) is -0.503. The van der Waals surface area contributed by atoms with E-state index in [4.69, 9.17) is 18.9 Å². The Morgan fingerprint density at radius 2 is 1.44 bits per heavy atom. The van der Waals surface area contributed by atoms with E-state index in [1.807, 2.05) is 6.92 Å². The Bertz CT molecular complexity index is 1310. The largest absolute Gasteiger partial charge is 0.394 e. The van der Waals surface area contributed by atoms with Crippen molar-refractivity contribution in [3.05, 3.63) is 0 Å². The number of aliphatic hydroxyl groups is 10. The Morgan fingerprint density at radius 1 is 0.815 bits per heavy atom. The zero-order valence-electron chi connectivity index (χ0n) is 32.3. The van der Waals surface area contributed by atoms with Gasteiger partial charge in [0.15, 0.2) is 12.6 Å². The monoisotopic (exact) mass is 774 g/mol. The van der Waals surface area contributed by atoms with Gasteiger partial charge in [-0.3, -0.25) is 4.79 Å². The summed E-state index contributed by atoms with van der Waals surface area (Å²) in [5.41, 5.74) is -3.67. The summed E-state index contributed by atoms with van der Waals surface area (Å²) in [5.74, 6) is -0.542. The van der Waals surface area contributed by atoms with Crippen LogP contribution in [0, 0.1) is 40.4 Å². The molecule has 10 N–H and O–H groups in total. The van der Waals surface area contributed by atoms with E-state index in [1.54, 1.807) is 6.92 Å². The van der Waals surface area contributed by atoms with Gasteiger partial charge in [-0.05, 0) is 93.8 Å². The Hall–Kier alpha value is -0.890. The van der Waals surface area contributed by atoms with Gasteiger partial charge in [0.05, 0.1) is 36.6 Å². The zero-order valence-corrected chi connectivity index (χ0v) is 32.3. The summed E-state index contributed by atoms with van der Waals surface area (Å²) in [6, 6.07) is 0. The van der Waals surface area contributed by atoms with E-state index in [0.717, 1.165) is 12.8 Å². The summed E-state index contributed by atoms with van der Waals surface area (Å²) in [4.78, 5) is 14.2. The first-order valence-electron chi connectivity index (χ1n) is 20.1. The first-order chi connectivity index (χ1) is 25.2. The second-order valence-electron chi connectivity index (χ2n) is 18.7. The van der Waals surface area contributed by atoms with Crippen molar-refractivity contribution in [1.82, 2.24) is 0 Å². The molecule has 6 aliphatic rings. The van der Waals surface area contributed by atoms with E-state index in [-0.39, 0.29) is 35.9 Å². The van der Waals surface area contributed by atoms with Gasteiger partial charge in [0.1, 0.15) is 54.6 Å². The average Bonchev–Trinajstić information content (AvgIpc) is 3.42. The normalized spacial score (nSPS) is 51.3. The molecule has 2 saturated heterocycles. The minimum Gasteiger partial charge on any atom is -0.394 e. The molecule has 312 valence electrons. The number of hydrogen-bond acceptors (Lipinski definition) is 15. The highest BCUT2D eigenvalue weighted by molar-refractivity contribution is 5.83. The number of Topliss-reactive ketones (excluding diaryl/α,β-unsaturated/α-hetero) is 1. The van der Waals surface area contributed by atoms with Gasteiger partial charge in [0.2, 0.25) is 0 Å². The molecule has 0 aromatic carbocycles. The Balaban J connectivity index is 1.11. The summed E-state index contributed by atoms with van der Waals surface area (Å²) in [5, 5.41) is 108. The van der Waals surface area contributed by atoms with E-state index in [9.17, 15) is 55.9 Å². The molecule has 0 aromatic rings. The van der Waals surface area contributed by atoms with Crippen LogP contribution in [0.1, 0.15) is 98.8 Å². The lowest BCUT2D eigenvalue weighted by Crippen LogP contribution is -2.66. The second kappa shape index (κ2) is 15.7. The molecule has 0 radical (unpaired) electrons. The Morgan fingerprint density at radius 3 is 2.09 bits per heavy atom. The van der Waals surface area contributed by atoms with Crippen LogP contribution in [0.4, 0.5) is 0 Å². The van der Waals surface area contributed by atoms with Crippen LogP contribution in [0.5, 0.6) is 0 Å². The molecule has 15 nitrogen and oxygen atoms in total. The zero-order chi connectivity index (χ0) is 39.7. The molecule has 20 unspecified atom stereocenters. The number of rotatable bonds is 11. The topological polar surface area (TPSA) is 256 Å². The SMILES string of the molecule is CC(C)CCC(O)C(C)(O)C1CCC2(O)C3CC(=O)C4CC(OC5OC(CO)C(OC6OC(CO)C(O)C(O)C6O)C(O)C5O)CCC4(C)C3CCC12C. The number of carbonyl (C=O) groups excluding carboxylic acids is 1. The van der Waals surface area contributed by atoms with Crippen molar-refractivity contribution in [1.29, 1.82) is 0 Å². The van der Waals surface area contributed by atoms with E-state index in [2.05, 4.69) is 20.8 Å². The highest BCUT2D eigenvalue weighted by Gasteiger charge is 2.71. The van der Waals surface area contributed by atoms with Gasteiger partial charge in [-0.1, -0.05) is 27.7 Å². The lowest BCUT2D eigenvalue weighted by molar-refractivity contribution is -0.364. The fourth-order valence-electron chi connectivity index (χ4n) is 11.9. The summed E-state index contributed by atoms with van der Waals surface area (Å²) in [6.07, 6.45) is -11.7. The third-order valence-electron chi connectivity index (χ3n) is 15.3. The van der Waals surface area contributed by atoms with Gasteiger partial charge >= 0.3 is 0 Å². The smallest absolute Gasteiger partial charge is 0.187 e. The number of aliphatic hydroxyl groups excluding tert-OH is 8. The third-order valence-corrected chi connectivity index (χ3v) is 15.3. The molecule has 20 atom stereocenters. The van der Waals surface area contributed by atoms with Crippen molar-refractivity contribution in [2.45, 2.75) is 184 Å². The predicted molar refractivity (Wildman–Crippen MR) is 189 cm³/mol. The van der Waals surface area contributed by atoms with Crippen LogP contribution < -0.4 is 0 Å². The van der Waals surface area contributed by atoms with Crippen LogP contribution in [0.25, 0.3) is 0 Å². The van der Waals surface area contributed by atoms with E-state index >= 15 is 0 Å². The minimum absolute atomic E-state index is 0.0308. The fourth-order valence-corrected chi connectivity index (χ4v) is 11.9. The van der Waals surface area contributed by atoms with Gasteiger partial charge in [0, 0.05) is 17.8 Å². The summed E-state index contributed by atoms with van der Waals surface area (Å²) < 4.78 is 23.2. The lowest BCUT2D eigenvalue weighted by Gasteiger charge is -2.63. The summed E-state index contributed by atoms with van der Waals surface area (Å²) >= 11 is 0. The van der Waals surface area contributed by atoms with E-state index < -0.39 is 109 Å². The van der Waals surface area contributed by atoms with Crippen molar-refractivity contribution in [2.75, 3.05) is 13.2 Å². The third kappa shape index (κ3) is 7.03. The highest BCUT2D eigenvalue weighted by atomic mass is 16.7. The molecule has 0 spiro atoms. The first kappa shape index (κ1) is 42.7. The van der Waals surface area contributed by atoms with Crippen LogP contribution in [-0.4, -0.2) is 155 Å². The molecule has 4 aliphatic carbocycles. The maximum atomic E-state index is 14.2. The van der Waals surface area contributed by atoms with Gasteiger partial charge in [0.25, 0.3) is 0 Å². The van der Waals surface area contributed by atoms with E-state index in [1.165, 1.54) is 0 Å². The van der Waals surface area contributed by atoms with Gasteiger partial charge < -0.3 is 70.0 Å². The molecule has 2 aliphatic heterocycles. The number of ether oxygens (including phenoxy) is 4. The molecule has 2 heterocycles. The van der Waals surface area contributed by atoms with Crippen LogP contribution in [-0.2, 0) is 23.7 Å². The standard InChI is InChI=1S/C39H66O15/c1-18(2)6-7-27(43)38(5,49)26-10-13-39(50)21-15-23(42)22-14-19(8-11-36(22,3)20(21)9-12-37(26,39)4)51-34-32(48)30(46)33(25(17-41)53-34)54-35-31(47)29(45)28(44)24(16-40)52-35/h18-22,24-35,40-41,43-50H,6-17H2,1-5H3. The van der Waals surface area contributed by atoms with E-state index in [0.29, 0.717) is 50.9 Å². The number of carbonyl (C=O) groups is 1. The lowest BCUT2D eigenvalue weighted by atomic mass is 9.42. The fraction of sp³-hybridized carbons (Fsp3) is 0.974. The van der Waals surface area contributed by atoms with Crippen LogP contribution in [0.3, 0.4) is 0 Å². The number of ketones is 1. The molecular formula is C39H66O15. The van der Waals surface area contributed by atoms with Crippen LogP contribution >= 0.6 is 0 Å².